The summed E-state index contributed by atoms with van der Waals surface area (Å²) < 4.78 is 11.6. The molecule has 0 bridgehead atoms. The average molecular weight is 278 g/mol. The maximum absolute atomic E-state index is 9.75. The van der Waals surface area contributed by atoms with Crippen LogP contribution in [-0.4, -0.2) is 30.0 Å². The second kappa shape index (κ2) is 6.59. The molecule has 1 aromatic carbocycles. The van der Waals surface area contributed by atoms with E-state index in [2.05, 4.69) is 39.8 Å². The zero-order valence-corrected chi connectivity index (χ0v) is 12.9. The van der Waals surface area contributed by atoms with Crippen LogP contribution in [0.15, 0.2) is 18.2 Å². The quantitative estimate of drug-likeness (QED) is 0.866. The summed E-state index contributed by atoms with van der Waals surface area (Å²) in [6.45, 7) is 9.24. The Morgan fingerprint density at radius 2 is 2.10 bits per heavy atom. The van der Waals surface area contributed by atoms with Gasteiger partial charge in [0.15, 0.2) is 0 Å². The van der Waals surface area contributed by atoms with Gasteiger partial charge in [0.05, 0.1) is 6.10 Å². The Morgan fingerprint density at radius 1 is 1.35 bits per heavy atom. The maximum atomic E-state index is 9.75. The van der Waals surface area contributed by atoms with E-state index in [0.717, 1.165) is 12.2 Å². The van der Waals surface area contributed by atoms with E-state index >= 15 is 0 Å². The topological polar surface area (TPSA) is 38.7 Å². The molecule has 20 heavy (non-hydrogen) atoms. The van der Waals surface area contributed by atoms with Gasteiger partial charge in [-0.25, -0.2) is 0 Å². The van der Waals surface area contributed by atoms with Crippen LogP contribution in [0.25, 0.3) is 0 Å². The molecule has 0 amide bonds. The molecule has 1 fully saturated rings. The zero-order chi connectivity index (χ0) is 14.7. The summed E-state index contributed by atoms with van der Waals surface area (Å²) in [6, 6.07) is 6.23. The van der Waals surface area contributed by atoms with Gasteiger partial charge in [0.1, 0.15) is 18.0 Å². The highest BCUT2D eigenvalue weighted by Crippen LogP contribution is 2.31. The summed E-state index contributed by atoms with van der Waals surface area (Å²) in [5.74, 6) is 1.39. The number of ether oxygens (including phenoxy) is 2. The lowest BCUT2D eigenvalue weighted by atomic mass is 9.88. The highest BCUT2D eigenvalue weighted by atomic mass is 16.6. The minimum atomic E-state index is -0.386. The Hall–Kier alpha value is -1.06. The molecule has 0 heterocycles. The molecule has 0 saturated heterocycles. The van der Waals surface area contributed by atoms with E-state index in [-0.39, 0.29) is 18.3 Å². The van der Waals surface area contributed by atoms with Gasteiger partial charge in [0, 0.05) is 13.0 Å². The average Bonchev–Trinajstić information content (AvgIpc) is 2.38. The molecular weight excluding hydrogens is 252 g/mol. The van der Waals surface area contributed by atoms with Gasteiger partial charge in [-0.1, -0.05) is 26.8 Å². The number of benzene rings is 1. The standard InChI is InChI=1S/C17H26O3/c1-5-8-19-17-15(18)10-16(17)20-13-6-7-14(11(2)3)12(4)9-13/h6-7,9,11,15-18H,5,8,10H2,1-4H3. The van der Waals surface area contributed by atoms with E-state index in [9.17, 15) is 5.11 Å². The zero-order valence-electron chi connectivity index (χ0n) is 12.9. The van der Waals surface area contributed by atoms with Gasteiger partial charge in [-0.2, -0.15) is 0 Å². The molecule has 1 aliphatic carbocycles. The van der Waals surface area contributed by atoms with Gasteiger partial charge >= 0.3 is 0 Å². The summed E-state index contributed by atoms with van der Waals surface area (Å²) in [4.78, 5) is 0. The van der Waals surface area contributed by atoms with E-state index < -0.39 is 0 Å². The molecule has 3 heteroatoms. The molecule has 0 spiro atoms. The lowest BCUT2D eigenvalue weighted by molar-refractivity contribution is -0.162. The molecule has 0 aliphatic heterocycles. The molecule has 0 radical (unpaired) electrons. The maximum Gasteiger partial charge on any atom is 0.130 e. The summed E-state index contributed by atoms with van der Waals surface area (Å²) >= 11 is 0. The van der Waals surface area contributed by atoms with E-state index in [1.165, 1.54) is 11.1 Å². The van der Waals surface area contributed by atoms with Gasteiger partial charge in [-0.15, -0.1) is 0 Å². The minimum absolute atomic E-state index is 0.0270. The van der Waals surface area contributed by atoms with Crippen molar-refractivity contribution in [2.45, 2.75) is 64.8 Å². The predicted molar refractivity (Wildman–Crippen MR) is 80.3 cm³/mol. The van der Waals surface area contributed by atoms with Crippen molar-refractivity contribution in [3.63, 3.8) is 0 Å². The Balaban J connectivity index is 1.98. The molecule has 2 rings (SSSR count). The van der Waals surface area contributed by atoms with Crippen LogP contribution >= 0.6 is 0 Å². The third-order valence-electron chi connectivity index (χ3n) is 3.88. The largest absolute Gasteiger partial charge is 0.488 e. The van der Waals surface area contributed by atoms with Crippen molar-refractivity contribution in [1.82, 2.24) is 0 Å². The number of aliphatic hydroxyl groups is 1. The first kappa shape index (κ1) is 15.3. The van der Waals surface area contributed by atoms with Crippen LogP contribution in [0.3, 0.4) is 0 Å². The van der Waals surface area contributed by atoms with Crippen LogP contribution in [-0.2, 0) is 4.74 Å². The second-order valence-electron chi connectivity index (χ2n) is 5.97. The van der Waals surface area contributed by atoms with E-state index in [1.807, 2.05) is 6.07 Å². The van der Waals surface area contributed by atoms with Crippen molar-refractivity contribution < 1.29 is 14.6 Å². The number of hydrogen-bond donors (Lipinski definition) is 1. The molecule has 1 N–H and O–H groups in total. The summed E-state index contributed by atoms with van der Waals surface area (Å²) in [5, 5.41) is 9.75. The molecule has 0 aromatic heterocycles. The fourth-order valence-electron chi connectivity index (χ4n) is 2.69. The number of aliphatic hydroxyl groups excluding tert-OH is 1. The lowest BCUT2D eigenvalue weighted by Crippen LogP contribution is -2.55. The molecule has 3 atom stereocenters. The van der Waals surface area contributed by atoms with Crippen molar-refractivity contribution in [3.05, 3.63) is 29.3 Å². The van der Waals surface area contributed by atoms with Crippen molar-refractivity contribution >= 4 is 0 Å². The summed E-state index contributed by atoms with van der Waals surface area (Å²) in [6.07, 6.45) is 1.01. The van der Waals surface area contributed by atoms with Crippen LogP contribution < -0.4 is 4.74 Å². The molecular formula is C17H26O3. The van der Waals surface area contributed by atoms with Crippen LogP contribution in [0.2, 0.25) is 0 Å². The van der Waals surface area contributed by atoms with Gasteiger partial charge < -0.3 is 14.6 Å². The van der Waals surface area contributed by atoms with Crippen molar-refractivity contribution in [3.8, 4) is 5.75 Å². The minimum Gasteiger partial charge on any atom is -0.488 e. The molecule has 1 aromatic rings. The molecule has 1 saturated carbocycles. The molecule has 1 aliphatic rings. The summed E-state index contributed by atoms with van der Waals surface area (Å²) in [5.41, 5.74) is 2.60. The number of aryl methyl sites for hydroxylation is 1. The Labute approximate surface area is 121 Å². The molecule has 112 valence electrons. The van der Waals surface area contributed by atoms with Gasteiger partial charge in [0.2, 0.25) is 0 Å². The van der Waals surface area contributed by atoms with E-state index in [0.29, 0.717) is 18.9 Å². The second-order valence-corrected chi connectivity index (χ2v) is 5.97. The monoisotopic (exact) mass is 278 g/mol. The van der Waals surface area contributed by atoms with Crippen molar-refractivity contribution in [2.24, 2.45) is 0 Å². The fourth-order valence-corrected chi connectivity index (χ4v) is 2.69. The van der Waals surface area contributed by atoms with Crippen molar-refractivity contribution in [2.75, 3.05) is 6.61 Å². The number of rotatable bonds is 6. The molecule has 3 nitrogen and oxygen atoms in total. The first-order valence-electron chi connectivity index (χ1n) is 7.59. The highest BCUT2D eigenvalue weighted by molar-refractivity contribution is 5.36. The van der Waals surface area contributed by atoms with E-state index in [4.69, 9.17) is 9.47 Å². The van der Waals surface area contributed by atoms with Crippen LogP contribution in [0.4, 0.5) is 0 Å². The Kier molecular flexibility index (Phi) is 5.06. The smallest absolute Gasteiger partial charge is 0.130 e. The van der Waals surface area contributed by atoms with Crippen molar-refractivity contribution in [1.29, 1.82) is 0 Å². The third kappa shape index (κ3) is 3.33. The van der Waals surface area contributed by atoms with Gasteiger partial charge in [-0.05, 0) is 42.5 Å². The fraction of sp³-hybridized carbons (Fsp3) is 0.647. The number of hydrogen-bond acceptors (Lipinski definition) is 3. The lowest BCUT2D eigenvalue weighted by Gasteiger charge is -2.40. The summed E-state index contributed by atoms with van der Waals surface area (Å²) in [7, 11) is 0. The molecule has 3 unspecified atom stereocenters. The predicted octanol–water partition coefficient (Wildman–Crippen LogP) is 3.43. The first-order valence-corrected chi connectivity index (χ1v) is 7.59. The van der Waals surface area contributed by atoms with Crippen LogP contribution in [0.1, 0.15) is 50.7 Å². The Bertz CT molecular complexity index is 442. The Morgan fingerprint density at radius 3 is 2.65 bits per heavy atom. The first-order chi connectivity index (χ1) is 9.52. The SMILES string of the molecule is CCCOC1C(O)CC1Oc1ccc(C(C)C)c(C)c1. The normalized spacial score (nSPS) is 25.6. The van der Waals surface area contributed by atoms with E-state index in [1.54, 1.807) is 0 Å². The van der Waals surface area contributed by atoms with Gasteiger partial charge in [-0.3, -0.25) is 0 Å². The highest BCUT2D eigenvalue weighted by Gasteiger charge is 2.42. The van der Waals surface area contributed by atoms with Crippen LogP contribution in [0, 0.1) is 6.92 Å². The van der Waals surface area contributed by atoms with Gasteiger partial charge in [0.25, 0.3) is 0 Å². The third-order valence-corrected chi connectivity index (χ3v) is 3.88. The van der Waals surface area contributed by atoms with Crippen LogP contribution in [0.5, 0.6) is 5.75 Å².